The Morgan fingerprint density at radius 1 is 1.31 bits per heavy atom. The molecule has 2 heterocycles. The molecule has 1 aromatic carbocycles. The van der Waals surface area contributed by atoms with E-state index >= 15 is 0 Å². The predicted molar refractivity (Wildman–Crippen MR) is 51.9 cm³/mol. The lowest BCUT2D eigenvalue weighted by atomic mass is 9.97. The van der Waals surface area contributed by atoms with E-state index < -0.39 is 0 Å². The van der Waals surface area contributed by atoms with Crippen molar-refractivity contribution >= 4 is 11.8 Å². The molecule has 1 unspecified atom stereocenters. The van der Waals surface area contributed by atoms with E-state index in [9.17, 15) is 0 Å². The highest BCUT2D eigenvalue weighted by molar-refractivity contribution is 5.88. The van der Waals surface area contributed by atoms with E-state index in [2.05, 4.69) is 17.1 Å². The van der Waals surface area contributed by atoms with Crippen LogP contribution in [0.15, 0.2) is 35.3 Å². The van der Waals surface area contributed by atoms with Crippen LogP contribution in [0.1, 0.15) is 12.0 Å². The molecule has 64 valence electrons. The van der Waals surface area contributed by atoms with Crippen molar-refractivity contribution in [3.8, 4) is 5.75 Å². The van der Waals surface area contributed by atoms with Crippen molar-refractivity contribution in [2.45, 2.75) is 12.6 Å². The summed E-state index contributed by atoms with van der Waals surface area (Å²) >= 11 is 0. The Bertz CT molecular complexity index is 406. The Morgan fingerprint density at radius 2 is 2.23 bits per heavy atom. The number of dihydropyridines is 1. The van der Waals surface area contributed by atoms with E-state index in [1.165, 1.54) is 11.1 Å². The van der Waals surface area contributed by atoms with Crippen LogP contribution in [0.25, 0.3) is 5.57 Å². The van der Waals surface area contributed by atoms with Gasteiger partial charge in [-0.15, -0.1) is 0 Å². The monoisotopic (exact) mass is 171 g/mol. The van der Waals surface area contributed by atoms with Crippen molar-refractivity contribution in [2.24, 2.45) is 4.99 Å². The molecule has 0 saturated carbocycles. The molecule has 0 amide bonds. The molecule has 0 fully saturated rings. The summed E-state index contributed by atoms with van der Waals surface area (Å²) in [5, 5.41) is 0. The maximum absolute atomic E-state index is 5.66. The lowest BCUT2D eigenvalue weighted by molar-refractivity contribution is 0.208. The molecule has 2 aliphatic rings. The fourth-order valence-corrected chi connectivity index (χ4v) is 1.79. The highest BCUT2D eigenvalue weighted by Crippen LogP contribution is 2.36. The van der Waals surface area contributed by atoms with E-state index in [1.54, 1.807) is 0 Å². The van der Waals surface area contributed by atoms with Crippen molar-refractivity contribution in [1.29, 1.82) is 0 Å². The minimum atomic E-state index is 0.00917. The largest absolute Gasteiger partial charge is 0.468 e. The van der Waals surface area contributed by atoms with Gasteiger partial charge in [-0.05, 0) is 17.7 Å². The standard InChI is InChI=1S/C11H9NO/c1-2-4-10-9(3-1)8-5-6-12-11(7-8)13-10/h1-6,11H,7H2. The number of hydrogen-bond donors (Lipinski definition) is 0. The molecule has 2 nitrogen and oxygen atoms in total. The first-order valence-corrected chi connectivity index (χ1v) is 4.42. The number of rotatable bonds is 0. The van der Waals surface area contributed by atoms with Crippen LogP contribution < -0.4 is 4.74 Å². The summed E-state index contributed by atoms with van der Waals surface area (Å²) < 4.78 is 5.66. The molecular formula is C11H9NO. The molecule has 0 N–H and O–H groups in total. The Hall–Kier alpha value is -1.57. The fourth-order valence-electron chi connectivity index (χ4n) is 1.79. The van der Waals surface area contributed by atoms with Crippen LogP contribution in [0.5, 0.6) is 5.75 Å². The average Bonchev–Trinajstić information content (AvgIpc) is 2.18. The lowest BCUT2D eigenvalue weighted by Crippen LogP contribution is -2.22. The Morgan fingerprint density at radius 3 is 3.23 bits per heavy atom. The number of aliphatic imine (C=N–C) groups is 1. The van der Waals surface area contributed by atoms with Crippen LogP contribution in [-0.4, -0.2) is 12.4 Å². The average molecular weight is 171 g/mol. The summed E-state index contributed by atoms with van der Waals surface area (Å²) in [6.07, 6.45) is 4.82. The Kier molecular flexibility index (Phi) is 1.30. The van der Waals surface area contributed by atoms with Crippen LogP contribution >= 0.6 is 0 Å². The van der Waals surface area contributed by atoms with Crippen molar-refractivity contribution in [3.63, 3.8) is 0 Å². The molecule has 3 rings (SSSR count). The normalized spacial score (nSPS) is 23.1. The molecule has 0 spiro atoms. The number of fused-ring (bicyclic) bond motifs is 4. The van der Waals surface area contributed by atoms with Crippen molar-refractivity contribution in [2.75, 3.05) is 0 Å². The van der Waals surface area contributed by atoms with E-state index in [-0.39, 0.29) is 6.23 Å². The molecule has 13 heavy (non-hydrogen) atoms. The van der Waals surface area contributed by atoms with Gasteiger partial charge in [-0.25, -0.2) is 0 Å². The van der Waals surface area contributed by atoms with Crippen LogP contribution in [-0.2, 0) is 0 Å². The second kappa shape index (κ2) is 2.46. The summed E-state index contributed by atoms with van der Waals surface area (Å²) in [6, 6.07) is 8.12. The molecule has 2 heteroatoms. The molecule has 0 radical (unpaired) electrons. The number of allylic oxidation sites excluding steroid dienone is 1. The fraction of sp³-hybridized carbons (Fsp3) is 0.182. The van der Waals surface area contributed by atoms with Gasteiger partial charge in [0, 0.05) is 18.2 Å². The van der Waals surface area contributed by atoms with Gasteiger partial charge in [-0.1, -0.05) is 18.2 Å². The first kappa shape index (κ1) is 6.89. The first-order valence-electron chi connectivity index (χ1n) is 4.42. The van der Waals surface area contributed by atoms with E-state index in [0.717, 1.165) is 12.2 Å². The van der Waals surface area contributed by atoms with Gasteiger partial charge in [0.05, 0.1) is 0 Å². The minimum absolute atomic E-state index is 0.00917. The topological polar surface area (TPSA) is 21.6 Å². The summed E-state index contributed by atoms with van der Waals surface area (Å²) in [6.45, 7) is 0. The summed E-state index contributed by atoms with van der Waals surface area (Å²) in [5.41, 5.74) is 2.55. The molecule has 0 saturated heterocycles. The van der Waals surface area contributed by atoms with Crippen molar-refractivity contribution < 1.29 is 4.74 Å². The van der Waals surface area contributed by atoms with E-state index in [0.29, 0.717) is 0 Å². The van der Waals surface area contributed by atoms with Gasteiger partial charge in [-0.3, -0.25) is 4.99 Å². The van der Waals surface area contributed by atoms with E-state index in [4.69, 9.17) is 4.74 Å². The van der Waals surface area contributed by atoms with Gasteiger partial charge in [0.25, 0.3) is 0 Å². The maximum Gasteiger partial charge on any atom is 0.193 e. The maximum atomic E-state index is 5.66. The predicted octanol–water partition coefficient (Wildman–Crippen LogP) is 2.26. The van der Waals surface area contributed by atoms with E-state index in [1.807, 2.05) is 24.4 Å². The van der Waals surface area contributed by atoms with Crippen LogP contribution in [0.4, 0.5) is 0 Å². The van der Waals surface area contributed by atoms with Crippen molar-refractivity contribution in [1.82, 2.24) is 0 Å². The van der Waals surface area contributed by atoms with Gasteiger partial charge in [0.1, 0.15) is 5.75 Å². The third-order valence-electron chi connectivity index (χ3n) is 2.42. The number of hydrogen-bond acceptors (Lipinski definition) is 2. The highest BCUT2D eigenvalue weighted by atomic mass is 16.5. The van der Waals surface area contributed by atoms with Crippen LogP contribution in [0, 0.1) is 0 Å². The molecule has 1 atom stereocenters. The van der Waals surface area contributed by atoms with Crippen molar-refractivity contribution in [3.05, 3.63) is 35.9 Å². The summed E-state index contributed by atoms with van der Waals surface area (Å²) in [5.74, 6) is 0.960. The number of ether oxygens (including phenoxy) is 1. The highest BCUT2D eigenvalue weighted by Gasteiger charge is 2.23. The van der Waals surface area contributed by atoms with Gasteiger partial charge in [-0.2, -0.15) is 0 Å². The SMILES string of the molecule is C1=NC2CC(=C1)c1ccccc1O2. The minimum Gasteiger partial charge on any atom is -0.468 e. The molecule has 1 aromatic rings. The van der Waals surface area contributed by atoms with Crippen LogP contribution in [0.2, 0.25) is 0 Å². The molecular weight excluding hydrogens is 162 g/mol. The second-order valence-corrected chi connectivity index (χ2v) is 3.26. The van der Waals surface area contributed by atoms with Crippen LogP contribution in [0.3, 0.4) is 0 Å². The smallest absolute Gasteiger partial charge is 0.193 e. The Labute approximate surface area is 76.6 Å². The van der Waals surface area contributed by atoms with Gasteiger partial charge in [0.15, 0.2) is 6.23 Å². The zero-order valence-corrected chi connectivity index (χ0v) is 7.10. The summed E-state index contributed by atoms with van der Waals surface area (Å²) in [4.78, 5) is 4.22. The third-order valence-corrected chi connectivity index (χ3v) is 2.42. The third kappa shape index (κ3) is 0.985. The number of nitrogens with zero attached hydrogens (tertiary/aromatic N) is 1. The first-order chi connectivity index (χ1) is 6.43. The molecule has 0 aliphatic carbocycles. The lowest BCUT2D eigenvalue weighted by Gasteiger charge is -2.27. The quantitative estimate of drug-likeness (QED) is 0.586. The molecule has 2 bridgehead atoms. The zero-order valence-electron chi connectivity index (χ0n) is 7.10. The number of para-hydroxylation sites is 1. The Balaban J connectivity index is 2.21. The van der Waals surface area contributed by atoms with Gasteiger partial charge < -0.3 is 4.74 Å². The van der Waals surface area contributed by atoms with Gasteiger partial charge >= 0.3 is 0 Å². The second-order valence-electron chi connectivity index (χ2n) is 3.26. The van der Waals surface area contributed by atoms with Gasteiger partial charge in [0.2, 0.25) is 0 Å². The molecule has 0 aromatic heterocycles. The zero-order chi connectivity index (χ0) is 8.67. The molecule has 2 aliphatic heterocycles. The summed E-state index contributed by atoms with van der Waals surface area (Å²) in [7, 11) is 0. The number of benzene rings is 1.